The van der Waals surface area contributed by atoms with Gasteiger partial charge >= 0.3 is 5.97 Å². The fourth-order valence-corrected chi connectivity index (χ4v) is 4.43. The minimum Gasteiger partial charge on any atom is -0.481 e. The zero-order valence-electron chi connectivity index (χ0n) is 16.0. The molecular weight excluding hydrogens is 417 g/mol. The van der Waals surface area contributed by atoms with E-state index in [1.807, 2.05) is 0 Å². The van der Waals surface area contributed by atoms with Crippen LogP contribution in [0.5, 0.6) is 0 Å². The molecule has 1 atom stereocenters. The molecule has 158 valence electrons. The Morgan fingerprint density at radius 1 is 1.03 bits per heavy atom. The monoisotopic (exact) mass is 441 g/mol. The Morgan fingerprint density at radius 2 is 1.69 bits per heavy atom. The molecule has 29 heavy (non-hydrogen) atoms. The lowest BCUT2D eigenvalue weighted by atomic mass is 10.0. The van der Waals surface area contributed by atoms with Gasteiger partial charge in [0.15, 0.2) is 0 Å². The van der Waals surface area contributed by atoms with Crippen LogP contribution in [0.2, 0.25) is 5.02 Å². The van der Waals surface area contributed by atoms with Crippen LogP contribution < -0.4 is 4.72 Å². The number of hydrogen-bond acceptors (Lipinski definition) is 3. The Balaban J connectivity index is 2.02. The highest BCUT2D eigenvalue weighted by Gasteiger charge is 2.21. The number of halogens is 2. The van der Waals surface area contributed by atoms with E-state index >= 15 is 0 Å². The van der Waals surface area contributed by atoms with E-state index in [0.29, 0.717) is 23.4 Å². The Kier molecular flexibility index (Phi) is 9.07. The number of rotatable bonds is 12. The molecule has 0 aliphatic heterocycles. The number of benzene rings is 2. The van der Waals surface area contributed by atoms with Crippen LogP contribution >= 0.6 is 11.6 Å². The van der Waals surface area contributed by atoms with Crippen molar-refractivity contribution in [2.45, 2.75) is 55.9 Å². The molecule has 0 saturated carbocycles. The van der Waals surface area contributed by atoms with Crippen molar-refractivity contribution in [2.75, 3.05) is 0 Å². The highest BCUT2D eigenvalue weighted by molar-refractivity contribution is 7.89. The second-order valence-corrected chi connectivity index (χ2v) is 9.03. The van der Waals surface area contributed by atoms with Gasteiger partial charge in [0.2, 0.25) is 10.0 Å². The average molecular weight is 442 g/mol. The Bertz CT molecular complexity index is 903. The van der Waals surface area contributed by atoms with Crippen LogP contribution in [0.4, 0.5) is 4.39 Å². The van der Waals surface area contributed by atoms with Gasteiger partial charge in [0, 0.05) is 17.5 Å². The molecule has 8 heteroatoms. The summed E-state index contributed by atoms with van der Waals surface area (Å²) in [5.41, 5.74) is 0.563. The van der Waals surface area contributed by atoms with Crippen molar-refractivity contribution in [1.29, 1.82) is 0 Å². The van der Waals surface area contributed by atoms with Crippen LogP contribution in [-0.4, -0.2) is 19.5 Å². The van der Waals surface area contributed by atoms with E-state index in [2.05, 4.69) is 4.72 Å². The van der Waals surface area contributed by atoms with Crippen molar-refractivity contribution >= 4 is 27.6 Å². The molecule has 0 heterocycles. The second kappa shape index (κ2) is 11.3. The van der Waals surface area contributed by atoms with Gasteiger partial charge in [-0.15, -0.1) is 0 Å². The van der Waals surface area contributed by atoms with E-state index in [9.17, 15) is 17.6 Å². The zero-order valence-corrected chi connectivity index (χ0v) is 17.6. The van der Waals surface area contributed by atoms with E-state index in [-0.39, 0.29) is 11.3 Å². The predicted molar refractivity (Wildman–Crippen MR) is 111 cm³/mol. The summed E-state index contributed by atoms with van der Waals surface area (Å²) in [6, 6.07) is 11.2. The summed E-state index contributed by atoms with van der Waals surface area (Å²) in [4.78, 5) is 10.6. The van der Waals surface area contributed by atoms with Crippen LogP contribution in [0.3, 0.4) is 0 Å². The third-order valence-electron chi connectivity index (χ3n) is 4.56. The van der Waals surface area contributed by atoms with Gasteiger partial charge in [0.05, 0.1) is 4.90 Å². The van der Waals surface area contributed by atoms with Crippen molar-refractivity contribution in [1.82, 2.24) is 4.72 Å². The normalized spacial score (nSPS) is 12.6. The summed E-state index contributed by atoms with van der Waals surface area (Å²) in [7, 11) is -3.79. The molecule has 2 N–H and O–H groups in total. The minimum absolute atomic E-state index is 0.0944. The Hall–Kier alpha value is -1.96. The molecule has 1 unspecified atom stereocenters. The first-order valence-electron chi connectivity index (χ1n) is 9.53. The molecule has 2 aromatic rings. The number of carboxylic acids is 1. The lowest BCUT2D eigenvalue weighted by Crippen LogP contribution is -2.28. The van der Waals surface area contributed by atoms with Crippen molar-refractivity contribution in [3.63, 3.8) is 0 Å². The fourth-order valence-electron chi connectivity index (χ4n) is 3.04. The first-order valence-corrected chi connectivity index (χ1v) is 11.4. The topological polar surface area (TPSA) is 83.5 Å². The average Bonchev–Trinajstić information content (AvgIpc) is 2.66. The first kappa shape index (κ1) is 23.3. The molecule has 2 rings (SSSR count). The second-order valence-electron chi connectivity index (χ2n) is 6.88. The summed E-state index contributed by atoms with van der Waals surface area (Å²) in [5, 5.41) is 9.09. The molecule has 0 aromatic heterocycles. The predicted octanol–water partition coefficient (Wildman–Crippen LogP) is 5.31. The van der Waals surface area contributed by atoms with E-state index < -0.39 is 27.9 Å². The fraction of sp³-hybridized carbons (Fsp3) is 0.381. The maximum absolute atomic E-state index is 13.7. The van der Waals surface area contributed by atoms with Gasteiger partial charge < -0.3 is 5.11 Å². The van der Waals surface area contributed by atoms with Crippen molar-refractivity contribution in [3.8, 4) is 0 Å². The van der Waals surface area contributed by atoms with Gasteiger partial charge in [0.1, 0.15) is 5.82 Å². The third-order valence-corrected chi connectivity index (χ3v) is 6.30. The summed E-state index contributed by atoms with van der Waals surface area (Å²) in [6.07, 6.45) is 4.56. The van der Waals surface area contributed by atoms with E-state index in [1.54, 1.807) is 12.1 Å². The maximum Gasteiger partial charge on any atom is 0.303 e. The largest absolute Gasteiger partial charge is 0.481 e. The van der Waals surface area contributed by atoms with E-state index in [0.717, 1.165) is 25.7 Å². The molecule has 0 fully saturated rings. The number of unbranched alkanes of at least 4 members (excludes halogenated alkanes) is 4. The molecule has 0 amide bonds. The van der Waals surface area contributed by atoms with E-state index in [4.69, 9.17) is 16.7 Å². The Morgan fingerprint density at radius 3 is 2.34 bits per heavy atom. The molecule has 5 nitrogen and oxygen atoms in total. The van der Waals surface area contributed by atoms with Gasteiger partial charge in [0.25, 0.3) is 0 Å². The molecule has 0 aliphatic rings. The highest BCUT2D eigenvalue weighted by Crippen LogP contribution is 2.24. The van der Waals surface area contributed by atoms with Crippen LogP contribution in [-0.2, 0) is 14.8 Å². The number of nitrogens with one attached hydrogen (secondary N) is 1. The molecule has 0 radical (unpaired) electrons. The van der Waals surface area contributed by atoms with Gasteiger partial charge in [-0.2, -0.15) is 0 Å². The SMILES string of the molecule is O=C(O)CCCCCCCC(NS(=O)(=O)c1ccc(Cl)cc1)c1cccc(F)c1. The first-order chi connectivity index (χ1) is 13.8. The highest BCUT2D eigenvalue weighted by atomic mass is 35.5. The standard InChI is InChI=1S/C21H25ClFNO4S/c22-17-11-13-19(14-12-17)29(27,28)24-20(16-7-6-8-18(23)15-16)9-4-2-1-3-5-10-21(25)26/h6-8,11-15,20,24H,1-5,9-10H2,(H,25,26). The Labute approximate surface area is 176 Å². The van der Waals surface area contributed by atoms with Crippen molar-refractivity contribution in [2.24, 2.45) is 0 Å². The number of aliphatic carboxylic acids is 1. The number of hydrogen-bond donors (Lipinski definition) is 2. The molecule has 2 aromatic carbocycles. The molecular formula is C21H25ClFNO4S. The van der Waals surface area contributed by atoms with Crippen molar-refractivity contribution in [3.05, 3.63) is 64.9 Å². The van der Waals surface area contributed by atoms with Gasteiger partial charge in [-0.3, -0.25) is 4.79 Å². The summed E-state index contributed by atoms with van der Waals surface area (Å²) >= 11 is 5.83. The number of carboxylic acid groups (broad SMARTS) is 1. The molecule has 0 aliphatic carbocycles. The van der Waals surface area contributed by atoms with Gasteiger partial charge in [-0.1, -0.05) is 49.4 Å². The summed E-state index contributed by atoms with van der Waals surface area (Å²) in [6.45, 7) is 0. The van der Waals surface area contributed by atoms with Gasteiger partial charge in [-0.25, -0.2) is 17.5 Å². The molecule has 0 saturated heterocycles. The maximum atomic E-state index is 13.7. The van der Waals surface area contributed by atoms with Gasteiger partial charge in [-0.05, 0) is 54.8 Å². The lowest BCUT2D eigenvalue weighted by Gasteiger charge is -2.19. The number of sulfonamides is 1. The van der Waals surface area contributed by atoms with Crippen LogP contribution in [0, 0.1) is 5.82 Å². The van der Waals surface area contributed by atoms with Crippen LogP contribution in [0.1, 0.15) is 56.6 Å². The third kappa shape index (κ3) is 8.12. The van der Waals surface area contributed by atoms with Crippen LogP contribution in [0.15, 0.2) is 53.4 Å². The summed E-state index contributed by atoms with van der Waals surface area (Å²) in [5.74, 6) is -1.22. The lowest BCUT2D eigenvalue weighted by molar-refractivity contribution is -0.137. The molecule has 0 spiro atoms. The molecule has 0 bridgehead atoms. The minimum atomic E-state index is -3.79. The summed E-state index contributed by atoms with van der Waals surface area (Å²) < 4.78 is 41.8. The smallest absolute Gasteiger partial charge is 0.303 e. The number of carbonyl (C=O) groups is 1. The van der Waals surface area contributed by atoms with Crippen LogP contribution in [0.25, 0.3) is 0 Å². The van der Waals surface area contributed by atoms with E-state index in [1.165, 1.54) is 36.4 Å². The quantitative estimate of drug-likeness (QED) is 0.437. The van der Waals surface area contributed by atoms with Crippen molar-refractivity contribution < 1.29 is 22.7 Å². The zero-order chi connectivity index (χ0) is 21.3.